The number of aromatic amines is 1. The first-order valence-electron chi connectivity index (χ1n) is 5.33. The Morgan fingerprint density at radius 1 is 1.35 bits per heavy atom. The summed E-state index contributed by atoms with van der Waals surface area (Å²) in [4.78, 5) is 11.7. The first-order chi connectivity index (χ1) is 8.25. The third-order valence-corrected chi connectivity index (χ3v) is 3.63. The molecule has 0 saturated heterocycles. The maximum Gasteiger partial charge on any atom is 0.225 e. The highest BCUT2D eigenvalue weighted by molar-refractivity contribution is 9.10. The number of hydrogen-bond acceptors (Lipinski definition) is 2. The zero-order chi connectivity index (χ0) is 11.8. The molecule has 5 heteroatoms. The van der Waals surface area contributed by atoms with Gasteiger partial charge < -0.3 is 5.32 Å². The van der Waals surface area contributed by atoms with Crippen molar-refractivity contribution in [2.24, 2.45) is 0 Å². The fourth-order valence-corrected chi connectivity index (χ4v) is 2.67. The van der Waals surface area contributed by atoms with E-state index in [1.54, 1.807) is 6.20 Å². The lowest BCUT2D eigenvalue weighted by Crippen LogP contribution is -2.24. The molecule has 1 aliphatic rings. The smallest absolute Gasteiger partial charge is 0.225 e. The summed E-state index contributed by atoms with van der Waals surface area (Å²) in [6, 6.07) is 7.84. The normalized spacial score (nSPS) is 18.6. The van der Waals surface area contributed by atoms with Crippen LogP contribution in [0.1, 0.15) is 23.6 Å². The van der Waals surface area contributed by atoms with E-state index in [0.717, 1.165) is 21.4 Å². The van der Waals surface area contributed by atoms with E-state index in [-0.39, 0.29) is 11.8 Å². The Balaban J connectivity index is 2.15. The molecule has 0 aliphatic carbocycles. The van der Waals surface area contributed by atoms with Crippen molar-refractivity contribution in [1.29, 1.82) is 0 Å². The van der Waals surface area contributed by atoms with Gasteiger partial charge in [-0.1, -0.05) is 12.1 Å². The molecule has 2 heterocycles. The molecule has 1 amide bonds. The fourth-order valence-electron chi connectivity index (χ4n) is 2.19. The van der Waals surface area contributed by atoms with Gasteiger partial charge in [0.25, 0.3) is 0 Å². The number of halogens is 1. The maximum atomic E-state index is 11.7. The second kappa shape index (κ2) is 4.00. The van der Waals surface area contributed by atoms with Crippen LogP contribution in [-0.4, -0.2) is 16.1 Å². The van der Waals surface area contributed by atoms with E-state index in [4.69, 9.17) is 0 Å². The Kier molecular flexibility index (Phi) is 2.48. The van der Waals surface area contributed by atoms with Crippen molar-refractivity contribution >= 4 is 27.5 Å². The molecule has 0 bridgehead atoms. The summed E-state index contributed by atoms with van der Waals surface area (Å²) in [6.07, 6.45) is 2.16. The van der Waals surface area contributed by atoms with Gasteiger partial charge in [-0.25, -0.2) is 0 Å². The van der Waals surface area contributed by atoms with Gasteiger partial charge in [-0.15, -0.1) is 0 Å². The number of anilines is 1. The predicted octanol–water partition coefficient (Wildman–Crippen LogP) is 2.65. The zero-order valence-electron chi connectivity index (χ0n) is 8.90. The van der Waals surface area contributed by atoms with E-state index >= 15 is 0 Å². The van der Waals surface area contributed by atoms with Gasteiger partial charge >= 0.3 is 0 Å². The third kappa shape index (κ3) is 1.76. The molecule has 3 rings (SSSR count). The molecule has 17 heavy (non-hydrogen) atoms. The van der Waals surface area contributed by atoms with Crippen molar-refractivity contribution < 1.29 is 4.79 Å². The predicted molar refractivity (Wildman–Crippen MR) is 67.8 cm³/mol. The molecule has 1 aromatic carbocycles. The summed E-state index contributed by atoms with van der Waals surface area (Å²) in [5.41, 5.74) is 2.95. The van der Waals surface area contributed by atoms with Gasteiger partial charge in [0, 0.05) is 28.7 Å². The Hall–Kier alpha value is -1.62. The number of fused-ring (bicyclic) bond motifs is 1. The number of benzene rings is 1. The molecule has 0 spiro atoms. The van der Waals surface area contributed by atoms with Gasteiger partial charge in [-0.3, -0.25) is 9.89 Å². The zero-order valence-corrected chi connectivity index (χ0v) is 10.5. The number of nitrogens with zero attached hydrogens (tertiary/aromatic N) is 1. The number of rotatable bonds is 1. The van der Waals surface area contributed by atoms with Crippen LogP contribution >= 0.6 is 15.9 Å². The number of carbonyl (C=O) groups excluding carboxylic acids is 1. The van der Waals surface area contributed by atoms with Gasteiger partial charge in [0.2, 0.25) is 5.91 Å². The average molecular weight is 292 g/mol. The summed E-state index contributed by atoms with van der Waals surface area (Å²) in [5.74, 6) is 0.0859. The van der Waals surface area contributed by atoms with Crippen molar-refractivity contribution in [3.63, 3.8) is 0 Å². The molecule has 1 aromatic heterocycles. The first-order valence-corrected chi connectivity index (χ1v) is 6.12. The Morgan fingerprint density at radius 2 is 2.24 bits per heavy atom. The lowest BCUT2D eigenvalue weighted by atomic mass is 9.88. The number of aromatic nitrogens is 2. The second-order valence-corrected chi connectivity index (χ2v) is 4.88. The lowest BCUT2D eigenvalue weighted by Gasteiger charge is -2.25. The number of amides is 1. The Labute approximate surface area is 107 Å². The molecular formula is C12H10BrN3O. The summed E-state index contributed by atoms with van der Waals surface area (Å²) in [7, 11) is 0. The average Bonchev–Trinajstić information content (AvgIpc) is 2.83. The molecule has 86 valence electrons. The number of H-pyrrole nitrogens is 1. The Bertz CT molecular complexity index is 565. The number of nitrogens with one attached hydrogen (secondary N) is 2. The summed E-state index contributed by atoms with van der Waals surface area (Å²) < 4.78 is 0.910. The highest BCUT2D eigenvalue weighted by Crippen LogP contribution is 2.39. The molecule has 2 aromatic rings. The van der Waals surface area contributed by atoms with E-state index in [1.165, 1.54) is 0 Å². The van der Waals surface area contributed by atoms with Crippen molar-refractivity contribution in [2.75, 3.05) is 5.32 Å². The number of para-hydroxylation sites is 1. The van der Waals surface area contributed by atoms with Crippen molar-refractivity contribution in [1.82, 2.24) is 10.2 Å². The monoisotopic (exact) mass is 291 g/mol. The molecular weight excluding hydrogens is 282 g/mol. The number of hydrogen-bond donors (Lipinski definition) is 2. The molecule has 1 unspecified atom stereocenters. The van der Waals surface area contributed by atoms with Crippen LogP contribution in [0, 0.1) is 0 Å². The van der Waals surface area contributed by atoms with E-state index in [9.17, 15) is 4.79 Å². The Morgan fingerprint density at radius 3 is 3.00 bits per heavy atom. The third-order valence-electron chi connectivity index (χ3n) is 2.97. The minimum atomic E-state index is 0.0315. The van der Waals surface area contributed by atoms with Crippen molar-refractivity contribution in [3.05, 3.63) is 46.2 Å². The maximum absolute atomic E-state index is 11.7. The molecule has 4 nitrogen and oxygen atoms in total. The van der Waals surface area contributed by atoms with Crippen LogP contribution in [0.4, 0.5) is 5.69 Å². The van der Waals surface area contributed by atoms with E-state index < -0.39 is 0 Å². The summed E-state index contributed by atoms with van der Waals surface area (Å²) in [6.45, 7) is 0. The van der Waals surface area contributed by atoms with Gasteiger partial charge in [0.1, 0.15) is 0 Å². The highest BCUT2D eigenvalue weighted by Gasteiger charge is 2.28. The van der Waals surface area contributed by atoms with E-state index in [1.807, 2.05) is 24.3 Å². The first kappa shape index (κ1) is 10.5. The minimum Gasteiger partial charge on any atom is -0.325 e. The van der Waals surface area contributed by atoms with Crippen molar-refractivity contribution in [3.8, 4) is 0 Å². The molecule has 0 fully saturated rings. The second-order valence-electron chi connectivity index (χ2n) is 4.02. The van der Waals surface area contributed by atoms with E-state index in [0.29, 0.717) is 6.42 Å². The minimum absolute atomic E-state index is 0.0315. The standard InChI is InChI=1S/C12H10BrN3O/c13-9-3-1-2-7-8(10-4-5-14-16-10)6-11(17)15-12(7)9/h1-5,8H,6H2,(H,14,16)(H,15,17). The summed E-state index contributed by atoms with van der Waals surface area (Å²) >= 11 is 3.46. The topological polar surface area (TPSA) is 57.8 Å². The molecule has 0 saturated carbocycles. The van der Waals surface area contributed by atoms with Gasteiger partial charge in [-0.2, -0.15) is 5.10 Å². The van der Waals surface area contributed by atoms with Gasteiger partial charge in [-0.05, 0) is 33.6 Å². The lowest BCUT2D eigenvalue weighted by molar-refractivity contribution is -0.116. The molecule has 2 N–H and O–H groups in total. The summed E-state index contributed by atoms with van der Waals surface area (Å²) in [5, 5.41) is 9.79. The van der Waals surface area contributed by atoms with Crippen LogP contribution in [-0.2, 0) is 4.79 Å². The van der Waals surface area contributed by atoms with E-state index in [2.05, 4.69) is 31.4 Å². The largest absolute Gasteiger partial charge is 0.325 e. The van der Waals surface area contributed by atoms with Gasteiger partial charge in [0.15, 0.2) is 0 Å². The van der Waals surface area contributed by atoms with Crippen LogP contribution in [0.3, 0.4) is 0 Å². The van der Waals surface area contributed by atoms with Crippen LogP contribution < -0.4 is 5.32 Å². The molecule has 1 aliphatic heterocycles. The fraction of sp³-hybridized carbons (Fsp3) is 0.167. The number of carbonyl (C=O) groups is 1. The quantitative estimate of drug-likeness (QED) is 0.849. The van der Waals surface area contributed by atoms with Crippen molar-refractivity contribution in [2.45, 2.75) is 12.3 Å². The highest BCUT2D eigenvalue weighted by atomic mass is 79.9. The van der Waals surface area contributed by atoms with Crippen LogP contribution in [0.5, 0.6) is 0 Å². The SMILES string of the molecule is O=C1CC(c2ccn[nH]2)c2cccc(Br)c2N1. The van der Waals surface area contributed by atoms with Crippen LogP contribution in [0.2, 0.25) is 0 Å². The molecule has 0 radical (unpaired) electrons. The molecule has 1 atom stereocenters. The van der Waals surface area contributed by atoms with Gasteiger partial charge in [0.05, 0.1) is 5.69 Å². The van der Waals surface area contributed by atoms with Crippen LogP contribution in [0.25, 0.3) is 0 Å². The van der Waals surface area contributed by atoms with Crippen LogP contribution in [0.15, 0.2) is 34.9 Å².